The highest BCUT2D eigenvalue weighted by atomic mass is 35.5. The molecule has 1 saturated carbocycles. The summed E-state index contributed by atoms with van der Waals surface area (Å²) in [5.41, 5.74) is 1.36. The van der Waals surface area contributed by atoms with Crippen molar-refractivity contribution in [2.24, 2.45) is 0 Å². The molecule has 1 N–H and O–H groups in total. The van der Waals surface area contributed by atoms with Gasteiger partial charge in [-0.05, 0) is 36.5 Å². The Bertz CT molecular complexity index is 380. The van der Waals surface area contributed by atoms with Crippen molar-refractivity contribution in [3.05, 3.63) is 34.9 Å². The van der Waals surface area contributed by atoms with E-state index in [4.69, 9.17) is 21.1 Å². The van der Waals surface area contributed by atoms with Crippen LogP contribution < -0.4 is 5.32 Å². The fourth-order valence-electron chi connectivity index (χ4n) is 2.40. The zero-order chi connectivity index (χ0) is 13.5. The minimum atomic E-state index is 0.620. The van der Waals surface area contributed by atoms with E-state index in [1.807, 2.05) is 12.1 Å². The second kappa shape index (κ2) is 7.85. The maximum absolute atomic E-state index is 6.01. The molecule has 0 amide bonds. The smallest absolute Gasteiger partial charge is 0.0700 e. The highest BCUT2D eigenvalue weighted by molar-refractivity contribution is 6.30. The molecule has 0 radical (unpaired) electrons. The van der Waals surface area contributed by atoms with Gasteiger partial charge in [-0.25, -0.2) is 0 Å². The Morgan fingerprint density at radius 3 is 2.84 bits per heavy atom. The Morgan fingerprint density at radius 2 is 2.11 bits per heavy atom. The van der Waals surface area contributed by atoms with E-state index in [9.17, 15) is 0 Å². The van der Waals surface area contributed by atoms with Gasteiger partial charge in [0.1, 0.15) is 0 Å². The number of hydrogen-bond donors (Lipinski definition) is 1. The number of halogens is 1. The van der Waals surface area contributed by atoms with Crippen molar-refractivity contribution >= 4 is 11.6 Å². The van der Waals surface area contributed by atoms with Crippen LogP contribution in [0.3, 0.4) is 0 Å². The molecule has 1 aliphatic rings. The normalized spacial score (nSPS) is 22.2. The molecule has 1 aliphatic carbocycles. The molecule has 0 atom stereocenters. The summed E-state index contributed by atoms with van der Waals surface area (Å²) in [6.45, 7) is 3.01. The average Bonchev–Trinajstić information content (AvgIpc) is 2.35. The minimum absolute atomic E-state index is 0.620. The molecular weight excluding hydrogens is 262 g/mol. The molecule has 2 rings (SSSR count). The van der Waals surface area contributed by atoms with Crippen molar-refractivity contribution in [3.8, 4) is 0 Å². The lowest BCUT2D eigenvalue weighted by Crippen LogP contribution is -2.41. The average molecular weight is 284 g/mol. The lowest BCUT2D eigenvalue weighted by Gasteiger charge is -2.36. The van der Waals surface area contributed by atoms with E-state index in [0.717, 1.165) is 18.2 Å². The summed E-state index contributed by atoms with van der Waals surface area (Å²) in [7, 11) is 1.69. The molecule has 3 nitrogen and oxygen atoms in total. The Kier molecular flexibility index (Phi) is 6.11. The van der Waals surface area contributed by atoms with Crippen molar-refractivity contribution in [2.75, 3.05) is 33.5 Å². The number of ether oxygens (including phenoxy) is 2. The molecule has 0 spiro atoms. The Labute approximate surface area is 120 Å². The Hall–Kier alpha value is -0.610. The van der Waals surface area contributed by atoms with Gasteiger partial charge in [-0.3, -0.25) is 0 Å². The first-order valence-electron chi connectivity index (χ1n) is 6.85. The molecule has 0 aliphatic heterocycles. The van der Waals surface area contributed by atoms with Gasteiger partial charge in [0, 0.05) is 24.7 Å². The highest BCUT2D eigenvalue weighted by Gasteiger charge is 2.29. The van der Waals surface area contributed by atoms with Crippen LogP contribution in [0, 0.1) is 0 Å². The largest absolute Gasteiger partial charge is 0.382 e. The van der Waals surface area contributed by atoms with Crippen LogP contribution in [0.15, 0.2) is 24.3 Å². The quantitative estimate of drug-likeness (QED) is 0.744. The number of nitrogens with one attached hydrogen (secondary N) is 1. The van der Waals surface area contributed by atoms with Crippen molar-refractivity contribution in [2.45, 2.75) is 24.8 Å². The van der Waals surface area contributed by atoms with Crippen molar-refractivity contribution in [1.82, 2.24) is 5.32 Å². The van der Waals surface area contributed by atoms with E-state index in [1.54, 1.807) is 7.11 Å². The maximum atomic E-state index is 6.01. The van der Waals surface area contributed by atoms with Gasteiger partial charge in [-0.2, -0.15) is 0 Å². The van der Waals surface area contributed by atoms with Crippen LogP contribution in [-0.4, -0.2) is 39.5 Å². The van der Waals surface area contributed by atoms with Crippen molar-refractivity contribution < 1.29 is 9.47 Å². The van der Waals surface area contributed by atoms with Crippen LogP contribution in [0.25, 0.3) is 0 Å². The van der Waals surface area contributed by atoms with E-state index in [-0.39, 0.29) is 0 Å². The van der Waals surface area contributed by atoms with E-state index >= 15 is 0 Å². The molecular formula is C15H22ClNO2. The second-order valence-electron chi connectivity index (χ2n) is 4.98. The molecule has 106 valence electrons. The molecule has 19 heavy (non-hydrogen) atoms. The van der Waals surface area contributed by atoms with Gasteiger partial charge in [-0.1, -0.05) is 23.7 Å². The Morgan fingerprint density at radius 1 is 1.26 bits per heavy atom. The second-order valence-corrected chi connectivity index (χ2v) is 5.42. The molecule has 0 bridgehead atoms. The van der Waals surface area contributed by atoms with Crippen molar-refractivity contribution in [1.29, 1.82) is 0 Å². The zero-order valence-electron chi connectivity index (χ0n) is 11.4. The van der Waals surface area contributed by atoms with E-state index < -0.39 is 0 Å². The molecule has 1 aromatic rings. The van der Waals surface area contributed by atoms with Gasteiger partial charge in [0.25, 0.3) is 0 Å². The van der Waals surface area contributed by atoms with E-state index in [1.165, 1.54) is 18.4 Å². The van der Waals surface area contributed by atoms with Crippen LogP contribution in [0.5, 0.6) is 0 Å². The van der Waals surface area contributed by atoms with Gasteiger partial charge in [0.2, 0.25) is 0 Å². The minimum Gasteiger partial charge on any atom is -0.382 e. The van der Waals surface area contributed by atoms with Crippen molar-refractivity contribution in [3.63, 3.8) is 0 Å². The third-order valence-corrected chi connectivity index (χ3v) is 3.80. The number of rotatable bonds is 8. The first-order valence-corrected chi connectivity index (χ1v) is 7.23. The van der Waals surface area contributed by atoms with Gasteiger partial charge in [0.05, 0.1) is 19.8 Å². The molecule has 0 saturated heterocycles. The van der Waals surface area contributed by atoms with Crippen LogP contribution in [-0.2, 0) is 9.47 Å². The van der Waals surface area contributed by atoms with E-state index in [2.05, 4.69) is 17.4 Å². The lowest BCUT2D eigenvalue weighted by atomic mass is 9.76. The number of methoxy groups -OCH3 is 1. The molecule has 1 fully saturated rings. The Balaban J connectivity index is 1.56. The summed E-state index contributed by atoms with van der Waals surface area (Å²) in [5.74, 6) is 0.658. The van der Waals surface area contributed by atoms with Gasteiger partial charge >= 0.3 is 0 Å². The lowest BCUT2D eigenvalue weighted by molar-refractivity contribution is 0.0694. The maximum Gasteiger partial charge on any atom is 0.0700 e. The molecule has 1 aromatic carbocycles. The van der Waals surface area contributed by atoms with Gasteiger partial charge in [0.15, 0.2) is 0 Å². The van der Waals surface area contributed by atoms with E-state index in [0.29, 0.717) is 25.2 Å². The summed E-state index contributed by atoms with van der Waals surface area (Å²) < 4.78 is 10.3. The summed E-state index contributed by atoms with van der Waals surface area (Å²) >= 11 is 6.01. The number of benzene rings is 1. The molecule has 0 unspecified atom stereocenters. The summed E-state index contributed by atoms with van der Waals surface area (Å²) in [4.78, 5) is 0. The third kappa shape index (κ3) is 4.77. The molecule has 0 heterocycles. The predicted octanol–water partition coefficient (Wildman–Crippen LogP) is 2.84. The van der Waals surface area contributed by atoms with Crippen LogP contribution in [0.2, 0.25) is 5.02 Å². The first kappa shape index (κ1) is 14.8. The van der Waals surface area contributed by atoms with Gasteiger partial charge in [-0.15, -0.1) is 0 Å². The molecule has 0 aromatic heterocycles. The van der Waals surface area contributed by atoms with Gasteiger partial charge < -0.3 is 14.8 Å². The van der Waals surface area contributed by atoms with Crippen LogP contribution in [0.1, 0.15) is 24.3 Å². The van der Waals surface area contributed by atoms with Crippen LogP contribution in [0.4, 0.5) is 0 Å². The fraction of sp³-hybridized carbons (Fsp3) is 0.600. The summed E-state index contributed by atoms with van der Waals surface area (Å²) in [6, 6.07) is 8.82. The monoisotopic (exact) mass is 283 g/mol. The number of hydrogen-bond acceptors (Lipinski definition) is 3. The zero-order valence-corrected chi connectivity index (χ0v) is 12.2. The molecule has 4 heteroatoms. The third-order valence-electron chi connectivity index (χ3n) is 3.57. The fourth-order valence-corrected chi connectivity index (χ4v) is 2.60. The topological polar surface area (TPSA) is 30.5 Å². The standard InChI is InChI=1S/C15H22ClNO2/c1-18-7-8-19-6-5-17-15-10-13(11-15)12-3-2-4-14(16)9-12/h2-4,9,13,15,17H,5-8,10-11H2,1H3. The predicted molar refractivity (Wildman–Crippen MR) is 77.9 cm³/mol. The first-order chi connectivity index (χ1) is 9.29. The summed E-state index contributed by atoms with van der Waals surface area (Å²) in [6.07, 6.45) is 2.39. The SMILES string of the molecule is COCCOCCNC1CC(c2cccc(Cl)c2)C1. The highest BCUT2D eigenvalue weighted by Crippen LogP contribution is 2.37. The van der Waals surface area contributed by atoms with Crippen LogP contribution >= 0.6 is 11.6 Å². The summed E-state index contributed by atoms with van der Waals surface area (Å²) in [5, 5.41) is 4.35.